The minimum atomic E-state index is 0.280. The van der Waals surface area contributed by atoms with Crippen molar-refractivity contribution in [3.63, 3.8) is 0 Å². The standard InChI is InChI=1S/C15H19Cl2N3/c1-10-14(15(17)20(4)18-10)9-19(3)11(2)12-5-7-13(16)8-6-12/h5-8,11H,9H2,1-4H3. The molecule has 0 aliphatic rings. The van der Waals surface area contributed by atoms with Crippen LogP contribution in [0.5, 0.6) is 0 Å². The number of hydrogen-bond acceptors (Lipinski definition) is 2. The molecule has 3 nitrogen and oxygen atoms in total. The predicted octanol–water partition coefficient (Wildman–Crippen LogP) is 4.23. The lowest BCUT2D eigenvalue weighted by Gasteiger charge is -2.25. The molecule has 1 heterocycles. The van der Waals surface area contributed by atoms with Crippen molar-refractivity contribution in [2.24, 2.45) is 7.05 Å². The SMILES string of the molecule is Cc1nn(C)c(Cl)c1CN(C)C(C)c1ccc(Cl)cc1. The van der Waals surface area contributed by atoms with Crippen molar-refractivity contribution in [3.05, 3.63) is 51.3 Å². The molecule has 108 valence electrons. The molecule has 0 radical (unpaired) electrons. The van der Waals surface area contributed by atoms with Gasteiger partial charge in [0.1, 0.15) is 5.15 Å². The van der Waals surface area contributed by atoms with Crippen molar-refractivity contribution < 1.29 is 0 Å². The first kappa shape index (κ1) is 15.4. The highest BCUT2D eigenvalue weighted by molar-refractivity contribution is 6.30. The summed E-state index contributed by atoms with van der Waals surface area (Å²) in [6.07, 6.45) is 0. The molecule has 1 atom stereocenters. The third kappa shape index (κ3) is 3.17. The van der Waals surface area contributed by atoms with Gasteiger partial charge in [-0.2, -0.15) is 5.10 Å². The first-order chi connectivity index (χ1) is 9.40. The lowest BCUT2D eigenvalue weighted by atomic mass is 10.1. The second-order valence-corrected chi connectivity index (χ2v) is 5.92. The second kappa shape index (κ2) is 6.17. The van der Waals surface area contributed by atoms with Crippen LogP contribution in [0.3, 0.4) is 0 Å². The van der Waals surface area contributed by atoms with Gasteiger partial charge in [0.15, 0.2) is 0 Å². The summed E-state index contributed by atoms with van der Waals surface area (Å²) >= 11 is 12.2. The van der Waals surface area contributed by atoms with Crippen molar-refractivity contribution >= 4 is 23.2 Å². The average molecular weight is 312 g/mol. The molecular formula is C15H19Cl2N3. The molecule has 0 saturated heterocycles. The molecule has 1 aromatic carbocycles. The van der Waals surface area contributed by atoms with Gasteiger partial charge in [-0.25, -0.2) is 0 Å². The number of halogens is 2. The Bertz CT molecular complexity index is 590. The molecule has 0 aliphatic heterocycles. The van der Waals surface area contributed by atoms with Crippen LogP contribution >= 0.6 is 23.2 Å². The molecule has 1 aromatic heterocycles. The maximum Gasteiger partial charge on any atom is 0.131 e. The fourth-order valence-electron chi connectivity index (χ4n) is 2.24. The van der Waals surface area contributed by atoms with Gasteiger partial charge < -0.3 is 0 Å². The van der Waals surface area contributed by atoms with E-state index in [0.29, 0.717) is 5.15 Å². The molecule has 0 bridgehead atoms. The van der Waals surface area contributed by atoms with Crippen LogP contribution in [0.1, 0.15) is 29.8 Å². The number of benzene rings is 1. The minimum absolute atomic E-state index is 0.280. The molecule has 2 rings (SSSR count). The number of hydrogen-bond donors (Lipinski definition) is 0. The zero-order valence-electron chi connectivity index (χ0n) is 12.2. The lowest BCUT2D eigenvalue weighted by Crippen LogP contribution is -2.22. The number of rotatable bonds is 4. The summed E-state index contributed by atoms with van der Waals surface area (Å²) in [6.45, 7) is 4.92. The van der Waals surface area contributed by atoms with Crippen molar-refractivity contribution in [2.75, 3.05) is 7.05 Å². The van der Waals surface area contributed by atoms with E-state index in [1.165, 1.54) is 5.56 Å². The topological polar surface area (TPSA) is 21.1 Å². The third-order valence-corrected chi connectivity index (χ3v) is 4.42. The molecule has 2 aromatic rings. The van der Waals surface area contributed by atoms with E-state index < -0.39 is 0 Å². The fourth-order valence-corrected chi connectivity index (χ4v) is 2.60. The number of aromatic nitrogens is 2. The summed E-state index contributed by atoms with van der Waals surface area (Å²) in [7, 11) is 3.95. The summed E-state index contributed by atoms with van der Waals surface area (Å²) < 4.78 is 1.72. The summed E-state index contributed by atoms with van der Waals surface area (Å²) in [6, 6.07) is 8.23. The second-order valence-electron chi connectivity index (χ2n) is 5.12. The number of aryl methyl sites for hydroxylation is 2. The highest BCUT2D eigenvalue weighted by atomic mass is 35.5. The Labute approximate surface area is 130 Å². The van der Waals surface area contributed by atoms with Gasteiger partial charge in [-0.3, -0.25) is 9.58 Å². The Hall–Kier alpha value is -1.03. The molecule has 0 saturated carbocycles. The first-order valence-electron chi connectivity index (χ1n) is 6.53. The largest absolute Gasteiger partial charge is 0.295 e. The van der Waals surface area contributed by atoms with Crippen LogP contribution in [0, 0.1) is 6.92 Å². The van der Waals surface area contributed by atoms with Gasteiger partial charge in [0, 0.05) is 30.2 Å². The highest BCUT2D eigenvalue weighted by Gasteiger charge is 2.17. The first-order valence-corrected chi connectivity index (χ1v) is 7.29. The van der Waals surface area contributed by atoms with Gasteiger partial charge in [0.05, 0.1) is 5.69 Å². The Morgan fingerprint density at radius 1 is 1.25 bits per heavy atom. The summed E-state index contributed by atoms with van der Waals surface area (Å²) in [4.78, 5) is 2.25. The normalized spacial score (nSPS) is 12.9. The Morgan fingerprint density at radius 3 is 2.35 bits per heavy atom. The number of nitrogens with zero attached hydrogens (tertiary/aromatic N) is 3. The van der Waals surface area contributed by atoms with Crippen LogP contribution in [0.25, 0.3) is 0 Å². The van der Waals surface area contributed by atoms with E-state index in [2.05, 4.69) is 36.1 Å². The molecule has 0 N–H and O–H groups in total. The van der Waals surface area contributed by atoms with Gasteiger partial charge >= 0.3 is 0 Å². The third-order valence-electron chi connectivity index (χ3n) is 3.69. The van der Waals surface area contributed by atoms with Gasteiger partial charge in [0.2, 0.25) is 0 Å². The monoisotopic (exact) mass is 311 g/mol. The van der Waals surface area contributed by atoms with Crippen molar-refractivity contribution in [3.8, 4) is 0 Å². The van der Waals surface area contributed by atoms with E-state index in [1.54, 1.807) is 4.68 Å². The van der Waals surface area contributed by atoms with Gasteiger partial charge in [-0.05, 0) is 38.6 Å². The maximum absolute atomic E-state index is 6.29. The quantitative estimate of drug-likeness (QED) is 0.842. The van der Waals surface area contributed by atoms with E-state index in [-0.39, 0.29) is 6.04 Å². The molecular weight excluding hydrogens is 293 g/mol. The van der Waals surface area contributed by atoms with Gasteiger partial charge in [0.25, 0.3) is 0 Å². The summed E-state index contributed by atoms with van der Waals surface area (Å²) in [5.74, 6) is 0. The Balaban J connectivity index is 2.15. The minimum Gasteiger partial charge on any atom is -0.295 e. The van der Waals surface area contributed by atoms with Crippen LogP contribution in [0.15, 0.2) is 24.3 Å². The summed E-state index contributed by atoms with van der Waals surface area (Å²) in [5, 5.41) is 5.81. The molecule has 5 heteroatoms. The van der Waals surface area contributed by atoms with E-state index >= 15 is 0 Å². The smallest absolute Gasteiger partial charge is 0.131 e. The predicted molar refractivity (Wildman–Crippen MR) is 84.3 cm³/mol. The van der Waals surface area contributed by atoms with E-state index in [1.807, 2.05) is 26.1 Å². The van der Waals surface area contributed by atoms with Crippen LogP contribution < -0.4 is 0 Å². The fraction of sp³-hybridized carbons (Fsp3) is 0.400. The average Bonchev–Trinajstić information content (AvgIpc) is 2.65. The molecule has 0 amide bonds. The Morgan fingerprint density at radius 2 is 1.85 bits per heavy atom. The van der Waals surface area contributed by atoms with Crippen molar-refractivity contribution in [1.82, 2.24) is 14.7 Å². The van der Waals surface area contributed by atoms with Crippen LogP contribution in [0.2, 0.25) is 10.2 Å². The molecule has 0 spiro atoms. The lowest BCUT2D eigenvalue weighted by molar-refractivity contribution is 0.252. The summed E-state index contributed by atoms with van der Waals surface area (Å²) in [5.41, 5.74) is 3.29. The van der Waals surface area contributed by atoms with E-state index in [4.69, 9.17) is 23.2 Å². The van der Waals surface area contributed by atoms with Crippen molar-refractivity contribution in [1.29, 1.82) is 0 Å². The zero-order valence-corrected chi connectivity index (χ0v) is 13.7. The maximum atomic E-state index is 6.29. The molecule has 0 aliphatic carbocycles. The van der Waals surface area contributed by atoms with Gasteiger partial charge in [-0.15, -0.1) is 0 Å². The van der Waals surface area contributed by atoms with E-state index in [9.17, 15) is 0 Å². The van der Waals surface area contributed by atoms with Gasteiger partial charge in [-0.1, -0.05) is 35.3 Å². The molecule has 0 fully saturated rings. The Kier molecular flexibility index (Phi) is 4.74. The molecule has 1 unspecified atom stereocenters. The highest BCUT2D eigenvalue weighted by Crippen LogP contribution is 2.26. The van der Waals surface area contributed by atoms with E-state index in [0.717, 1.165) is 22.8 Å². The van der Waals surface area contributed by atoms with Crippen molar-refractivity contribution in [2.45, 2.75) is 26.4 Å². The zero-order chi connectivity index (χ0) is 14.9. The van der Waals surface area contributed by atoms with Crippen LogP contribution in [-0.4, -0.2) is 21.7 Å². The molecule has 20 heavy (non-hydrogen) atoms. The van der Waals surface area contributed by atoms with Crippen LogP contribution in [0.4, 0.5) is 0 Å². The van der Waals surface area contributed by atoms with Crippen LogP contribution in [-0.2, 0) is 13.6 Å².